The van der Waals surface area contributed by atoms with Gasteiger partial charge in [0.25, 0.3) is 0 Å². The van der Waals surface area contributed by atoms with Crippen LogP contribution in [-0.4, -0.2) is 4.98 Å². The van der Waals surface area contributed by atoms with Gasteiger partial charge in [-0.1, -0.05) is 30.2 Å². The van der Waals surface area contributed by atoms with Gasteiger partial charge in [0.1, 0.15) is 0 Å². The van der Waals surface area contributed by atoms with Gasteiger partial charge in [0, 0.05) is 17.8 Å². The minimum atomic E-state index is 0.205. The van der Waals surface area contributed by atoms with Crippen LogP contribution < -0.4 is 0 Å². The van der Waals surface area contributed by atoms with Gasteiger partial charge in [-0.2, -0.15) is 0 Å². The largest absolute Gasteiger partial charge is 0.265 e. The second-order valence-electron chi connectivity index (χ2n) is 5.67. The van der Waals surface area contributed by atoms with Crippen LogP contribution in [0.15, 0.2) is 47.8 Å². The van der Waals surface area contributed by atoms with E-state index in [-0.39, 0.29) is 5.41 Å². The van der Waals surface area contributed by atoms with Crippen molar-refractivity contribution in [3.05, 3.63) is 53.4 Å². The molecule has 0 saturated heterocycles. The van der Waals surface area contributed by atoms with Crippen molar-refractivity contribution in [2.45, 2.75) is 59.3 Å². The summed E-state index contributed by atoms with van der Waals surface area (Å²) in [5, 5.41) is 0. The van der Waals surface area contributed by atoms with E-state index in [2.05, 4.69) is 63.9 Å². The van der Waals surface area contributed by atoms with E-state index < -0.39 is 0 Å². The molecular weight excluding hydrogens is 230 g/mol. The number of hydrogen-bond donors (Lipinski definition) is 0. The van der Waals surface area contributed by atoms with Crippen LogP contribution in [-0.2, 0) is 5.41 Å². The highest BCUT2D eigenvalue weighted by Gasteiger charge is 2.29. The third-order valence-electron chi connectivity index (χ3n) is 3.98. The number of hydrogen-bond acceptors (Lipinski definition) is 1. The summed E-state index contributed by atoms with van der Waals surface area (Å²) in [6.07, 6.45) is 11.8. The van der Waals surface area contributed by atoms with E-state index in [1.807, 2.05) is 12.4 Å². The summed E-state index contributed by atoms with van der Waals surface area (Å²) in [6.45, 7) is 11.0. The lowest BCUT2D eigenvalue weighted by Crippen LogP contribution is -2.25. The smallest absolute Gasteiger partial charge is 0.0270 e. The Bertz CT molecular complexity index is 438. The van der Waals surface area contributed by atoms with Crippen molar-refractivity contribution >= 4 is 0 Å². The van der Waals surface area contributed by atoms with Crippen LogP contribution in [0.2, 0.25) is 0 Å². The van der Waals surface area contributed by atoms with E-state index in [1.54, 1.807) is 0 Å². The summed E-state index contributed by atoms with van der Waals surface area (Å²) < 4.78 is 0. The number of pyridine rings is 1. The van der Waals surface area contributed by atoms with Gasteiger partial charge in [0.05, 0.1) is 0 Å². The lowest BCUT2D eigenvalue weighted by molar-refractivity contribution is 0.409. The van der Waals surface area contributed by atoms with Crippen LogP contribution in [0.3, 0.4) is 0 Å². The lowest BCUT2D eigenvalue weighted by Gasteiger charge is -2.33. The van der Waals surface area contributed by atoms with Crippen LogP contribution in [0, 0.1) is 0 Å². The van der Waals surface area contributed by atoms with Crippen molar-refractivity contribution in [1.82, 2.24) is 4.98 Å². The molecule has 1 aromatic rings. The maximum absolute atomic E-state index is 4.16. The van der Waals surface area contributed by atoms with Gasteiger partial charge in [0.2, 0.25) is 0 Å². The quantitative estimate of drug-likeness (QED) is 0.618. The Balaban J connectivity index is 3.17. The van der Waals surface area contributed by atoms with Crippen molar-refractivity contribution in [2.75, 3.05) is 0 Å². The molecule has 1 heterocycles. The predicted molar refractivity (Wildman–Crippen MR) is 84.3 cm³/mol. The van der Waals surface area contributed by atoms with Crippen LogP contribution >= 0.6 is 0 Å². The van der Waals surface area contributed by atoms with Crippen molar-refractivity contribution in [3.8, 4) is 0 Å². The van der Waals surface area contributed by atoms with Gasteiger partial charge < -0.3 is 0 Å². The molecule has 1 heteroatoms. The molecule has 0 saturated carbocycles. The summed E-state index contributed by atoms with van der Waals surface area (Å²) >= 11 is 0. The standard InChI is InChI=1S/C18H27N/c1-6-16(5)14-18(7-2,11-8-15(3)4)17-9-12-19-13-10-17/h6,8-10,12-13H,7,11,14H2,1-5H3/b16-6+. The van der Waals surface area contributed by atoms with Gasteiger partial charge in [-0.15, -0.1) is 0 Å². The van der Waals surface area contributed by atoms with Gasteiger partial charge >= 0.3 is 0 Å². The van der Waals surface area contributed by atoms with E-state index in [9.17, 15) is 0 Å². The summed E-state index contributed by atoms with van der Waals surface area (Å²) in [6, 6.07) is 4.34. The average Bonchev–Trinajstić information content (AvgIpc) is 2.44. The van der Waals surface area contributed by atoms with Gasteiger partial charge in [0.15, 0.2) is 0 Å². The zero-order valence-electron chi connectivity index (χ0n) is 13.0. The highest BCUT2D eigenvalue weighted by Crippen LogP contribution is 2.38. The zero-order chi connectivity index (χ0) is 14.3. The Morgan fingerprint density at radius 2 is 1.84 bits per heavy atom. The van der Waals surface area contributed by atoms with E-state index in [0.717, 1.165) is 19.3 Å². The van der Waals surface area contributed by atoms with E-state index >= 15 is 0 Å². The SMILES string of the molecule is C/C=C(\C)CC(CC)(CC=C(C)C)c1ccncc1. The fourth-order valence-corrected chi connectivity index (χ4v) is 2.51. The minimum absolute atomic E-state index is 0.205. The Hall–Kier alpha value is -1.37. The van der Waals surface area contributed by atoms with Gasteiger partial charge in [-0.05, 0) is 64.7 Å². The summed E-state index contributed by atoms with van der Waals surface area (Å²) in [5.41, 5.74) is 4.46. The van der Waals surface area contributed by atoms with Crippen LogP contribution in [0.1, 0.15) is 59.4 Å². The maximum atomic E-state index is 4.16. The summed E-state index contributed by atoms with van der Waals surface area (Å²) in [4.78, 5) is 4.16. The second kappa shape index (κ2) is 7.28. The van der Waals surface area contributed by atoms with E-state index in [1.165, 1.54) is 16.7 Å². The first-order valence-electron chi connectivity index (χ1n) is 7.19. The van der Waals surface area contributed by atoms with Gasteiger partial charge in [-0.25, -0.2) is 0 Å². The lowest BCUT2D eigenvalue weighted by atomic mass is 9.71. The van der Waals surface area contributed by atoms with Crippen molar-refractivity contribution in [2.24, 2.45) is 0 Å². The monoisotopic (exact) mass is 257 g/mol. The van der Waals surface area contributed by atoms with Crippen molar-refractivity contribution in [3.63, 3.8) is 0 Å². The Kier molecular flexibility index (Phi) is 6.01. The number of rotatable bonds is 6. The highest BCUT2D eigenvalue weighted by atomic mass is 14.6. The molecule has 104 valence electrons. The summed E-state index contributed by atoms with van der Waals surface area (Å²) in [7, 11) is 0. The highest BCUT2D eigenvalue weighted by molar-refractivity contribution is 5.27. The molecule has 0 amide bonds. The van der Waals surface area contributed by atoms with E-state index in [0.29, 0.717) is 0 Å². The molecule has 0 radical (unpaired) electrons. The third-order valence-corrected chi connectivity index (χ3v) is 3.98. The van der Waals surface area contributed by atoms with Crippen molar-refractivity contribution < 1.29 is 0 Å². The third kappa shape index (κ3) is 4.34. The molecule has 19 heavy (non-hydrogen) atoms. The number of allylic oxidation sites excluding steroid dienone is 4. The Morgan fingerprint density at radius 3 is 2.32 bits per heavy atom. The molecule has 0 bridgehead atoms. The van der Waals surface area contributed by atoms with Crippen LogP contribution in [0.25, 0.3) is 0 Å². The van der Waals surface area contributed by atoms with Gasteiger partial charge in [-0.3, -0.25) is 4.98 Å². The molecule has 0 aromatic carbocycles. The number of aromatic nitrogens is 1. The van der Waals surface area contributed by atoms with Crippen molar-refractivity contribution in [1.29, 1.82) is 0 Å². The molecule has 0 aliphatic rings. The molecule has 0 aliphatic heterocycles. The van der Waals surface area contributed by atoms with Crippen LogP contribution in [0.4, 0.5) is 0 Å². The molecular formula is C18H27N. The fourth-order valence-electron chi connectivity index (χ4n) is 2.51. The molecule has 1 atom stereocenters. The fraction of sp³-hybridized carbons (Fsp3) is 0.500. The first-order chi connectivity index (χ1) is 9.04. The Morgan fingerprint density at radius 1 is 1.21 bits per heavy atom. The second-order valence-corrected chi connectivity index (χ2v) is 5.67. The molecule has 0 aliphatic carbocycles. The molecule has 0 spiro atoms. The topological polar surface area (TPSA) is 12.9 Å². The first kappa shape index (κ1) is 15.7. The van der Waals surface area contributed by atoms with Crippen LogP contribution in [0.5, 0.6) is 0 Å². The first-order valence-corrected chi connectivity index (χ1v) is 7.19. The molecule has 0 fully saturated rings. The zero-order valence-corrected chi connectivity index (χ0v) is 13.0. The molecule has 1 nitrogen and oxygen atoms in total. The summed E-state index contributed by atoms with van der Waals surface area (Å²) in [5.74, 6) is 0. The normalized spacial score (nSPS) is 14.9. The Labute approximate surface area is 118 Å². The molecule has 0 N–H and O–H groups in total. The molecule has 1 unspecified atom stereocenters. The number of nitrogens with zero attached hydrogens (tertiary/aromatic N) is 1. The van der Waals surface area contributed by atoms with E-state index in [4.69, 9.17) is 0 Å². The maximum Gasteiger partial charge on any atom is 0.0270 e. The molecule has 1 aromatic heterocycles. The minimum Gasteiger partial charge on any atom is -0.265 e. The average molecular weight is 257 g/mol. The predicted octanol–water partition coefficient (Wildman–Crippen LogP) is 5.44. The molecule has 1 rings (SSSR count).